The van der Waals surface area contributed by atoms with Crippen LogP contribution in [0.3, 0.4) is 0 Å². The van der Waals surface area contributed by atoms with Gasteiger partial charge in [0.1, 0.15) is 42.9 Å². The van der Waals surface area contributed by atoms with Crippen molar-refractivity contribution in [2.24, 2.45) is 11.1 Å². The van der Waals surface area contributed by atoms with Crippen LogP contribution in [0.5, 0.6) is 0 Å². The van der Waals surface area contributed by atoms with Crippen LogP contribution in [0.1, 0.15) is 70.2 Å². The molecule has 4 atom stereocenters. The number of carboxylic acid groups (broad SMARTS) is 2. The summed E-state index contributed by atoms with van der Waals surface area (Å²) in [7, 11) is 0. The molecule has 0 spiro atoms. The topological polar surface area (TPSA) is 375 Å². The maximum absolute atomic E-state index is 15.3. The average Bonchev–Trinajstić information content (AvgIpc) is 3.91. The Kier molecular flexibility index (Phi) is 22.2. The van der Waals surface area contributed by atoms with Crippen LogP contribution < -0.4 is 37.6 Å². The summed E-state index contributed by atoms with van der Waals surface area (Å²) in [6.07, 6.45) is 0.470. The highest BCUT2D eigenvalue weighted by atomic mass is 19.1. The second kappa shape index (κ2) is 28.1. The number of halogens is 2. The monoisotopic (exact) mass is 1080 g/mol. The van der Waals surface area contributed by atoms with Crippen molar-refractivity contribution in [2.75, 3.05) is 39.3 Å². The minimum atomic E-state index is -1.83. The minimum absolute atomic E-state index is 0.105. The van der Waals surface area contributed by atoms with Crippen LogP contribution in [0.15, 0.2) is 72.9 Å². The van der Waals surface area contributed by atoms with Crippen LogP contribution in [0.25, 0.3) is 11.1 Å². The molecule has 1 aliphatic heterocycles. The number of carbonyl (C=O) groups is 12. The summed E-state index contributed by atoms with van der Waals surface area (Å²) in [6.45, 7) is 1.10. The summed E-state index contributed by atoms with van der Waals surface area (Å²) in [4.78, 5) is 153. The van der Waals surface area contributed by atoms with Crippen LogP contribution >= 0.6 is 0 Å². The minimum Gasteiger partial charge on any atom is -0.481 e. The van der Waals surface area contributed by atoms with Gasteiger partial charge < -0.3 is 62.4 Å². The number of imide groups is 1. The van der Waals surface area contributed by atoms with Gasteiger partial charge in [0.2, 0.25) is 47.3 Å². The van der Waals surface area contributed by atoms with Gasteiger partial charge in [-0.1, -0.05) is 51.1 Å². The van der Waals surface area contributed by atoms with E-state index in [4.69, 9.17) is 10.8 Å². The molecular weight excluding hydrogens is 1020 g/mol. The van der Waals surface area contributed by atoms with Crippen LogP contribution in [-0.2, 0) is 64.1 Å². The maximum Gasteiger partial charge on any atom is 0.326 e. The molecule has 0 saturated carbocycles. The fraction of sp³-hybridized carbons (Fsp3) is 0.400. The number of carboxylic acids is 2. The molecule has 1 aromatic heterocycles. The van der Waals surface area contributed by atoms with Gasteiger partial charge in [0.05, 0.1) is 25.6 Å². The summed E-state index contributed by atoms with van der Waals surface area (Å²) < 4.78 is 31.6. The number of amides is 10. The Morgan fingerprint density at radius 1 is 0.727 bits per heavy atom. The predicted molar refractivity (Wildman–Crippen MR) is 265 cm³/mol. The first kappa shape index (κ1) is 60.7. The van der Waals surface area contributed by atoms with E-state index in [1.54, 1.807) is 55.8 Å². The van der Waals surface area contributed by atoms with E-state index in [2.05, 4.69) is 31.9 Å². The van der Waals surface area contributed by atoms with Crippen LogP contribution in [0.2, 0.25) is 0 Å². The molecule has 10 amide bonds. The third-order valence-electron chi connectivity index (χ3n) is 11.6. The highest BCUT2D eigenvalue weighted by molar-refractivity contribution is 6.14. The lowest BCUT2D eigenvalue weighted by Gasteiger charge is -2.41. The van der Waals surface area contributed by atoms with Crippen molar-refractivity contribution in [3.8, 4) is 11.1 Å². The fourth-order valence-corrected chi connectivity index (χ4v) is 7.99. The van der Waals surface area contributed by atoms with Crippen LogP contribution in [0.4, 0.5) is 8.78 Å². The van der Waals surface area contributed by atoms with E-state index in [1.807, 2.05) is 12.1 Å². The molecule has 3 aromatic rings. The Balaban J connectivity index is 1.63. The van der Waals surface area contributed by atoms with Crippen molar-refractivity contribution in [1.82, 2.24) is 46.3 Å². The molecule has 25 nitrogen and oxygen atoms in total. The molecule has 414 valence electrons. The number of carbonyl (C=O) groups excluding carboxylic acids is 10. The lowest BCUT2D eigenvalue weighted by atomic mass is 9.82. The van der Waals surface area contributed by atoms with E-state index in [0.29, 0.717) is 10.6 Å². The zero-order valence-corrected chi connectivity index (χ0v) is 42.1. The zero-order chi connectivity index (χ0) is 57.1. The van der Waals surface area contributed by atoms with Gasteiger partial charge in [-0.05, 0) is 48.1 Å². The number of rotatable bonds is 29. The molecule has 0 fully saturated rings. The van der Waals surface area contributed by atoms with Gasteiger partial charge in [-0.15, -0.1) is 0 Å². The van der Waals surface area contributed by atoms with Crippen molar-refractivity contribution in [3.05, 3.63) is 95.8 Å². The Bertz CT molecular complexity index is 2740. The number of aliphatic hydroxyl groups excluding tert-OH is 1. The van der Waals surface area contributed by atoms with Crippen molar-refractivity contribution < 1.29 is 81.6 Å². The van der Waals surface area contributed by atoms with Gasteiger partial charge in [-0.25, -0.2) is 13.6 Å². The standard InChI is InChI=1S/C50H60F2N10O15/c1-50(2,3)46(36-19-29(31-20-30(51)9-10-32(31)52)25-60(36)24-28-7-5-4-6-8-28)61(44(71)27-63)18-16-33(47(74)54-17-15-38(65)57-34(49(76)77)11-14-45(72)73)59-48(75)35(21-37(53)64)58-40(67)23-55-39(66)22-56-41(68)26-62-42(69)12-13-43(62)70/h4-10,12-13,19-20,25,33-35,46,63H,11,14-18,21-24,26-27H2,1-3H3,(H2,53,64)(H,54,74)(H,55,66)(H,56,68)(H,57,65)(H,58,67)(H,59,75)(H,72,73)(H,76,77). The number of nitrogens with zero attached hydrogens (tertiary/aromatic N) is 3. The molecule has 4 rings (SSSR count). The van der Waals surface area contributed by atoms with Crippen molar-refractivity contribution in [1.29, 1.82) is 0 Å². The SMILES string of the molecule is CC(C)(C)C(c1cc(-c2cc(F)ccc2F)cn1Cc1ccccc1)N(CCC(NC(=O)C(CC(N)=O)NC(=O)CNC(=O)CNC(=O)CN1C(=O)C=CC1=O)C(=O)NCCC(=O)NC(CCC(=O)O)C(=O)O)C(=O)CO. The first-order valence-electron chi connectivity index (χ1n) is 23.8. The van der Waals surface area contributed by atoms with E-state index in [1.165, 1.54) is 4.90 Å². The molecule has 11 N–H and O–H groups in total. The van der Waals surface area contributed by atoms with Gasteiger partial charge in [-0.3, -0.25) is 57.6 Å². The first-order chi connectivity index (χ1) is 36.3. The quantitative estimate of drug-likeness (QED) is 0.0362. The number of aliphatic hydroxyl groups is 1. The maximum atomic E-state index is 15.3. The summed E-state index contributed by atoms with van der Waals surface area (Å²) in [5.74, 6) is -13.9. The van der Waals surface area contributed by atoms with Gasteiger partial charge >= 0.3 is 11.9 Å². The summed E-state index contributed by atoms with van der Waals surface area (Å²) in [5.41, 5.74) is 5.72. The Morgan fingerprint density at radius 3 is 1.97 bits per heavy atom. The second-order valence-corrected chi connectivity index (χ2v) is 18.6. The summed E-state index contributed by atoms with van der Waals surface area (Å²) >= 11 is 0. The largest absolute Gasteiger partial charge is 0.481 e. The van der Waals surface area contributed by atoms with E-state index in [0.717, 1.165) is 35.9 Å². The fourth-order valence-electron chi connectivity index (χ4n) is 7.99. The number of benzene rings is 2. The number of nitrogens with two attached hydrogens (primary N) is 1. The van der Waals surface area contributed by atoms with E-state index in [-0.39, 0.29) is 17.7 Å². The normalized spacial score (nSPS) is 13.6. The Labute approximate surface area is 438 Å². The number of aliphatic carboxylic acids is 2. The highest BCUT2D eigenvalue weighted by Crippen LogP contribution is 2.41. The van der Waals surface area contributed by atoms with E-state index >= 15 is 4.39 Å². The van der Waals surface area contributed by atoms with Crippen LogP contribution in [-0.4, -0.2) is 158 Å². The second-order valence-electron chi connectivity index (χ2n) is 18.6. The molecule has 0 bridgehead atoms. The zero-order valence-electron chi connectivity index (χ0n) is 42.1. The summed E-state index contributed by atoms with van der Waals surface area (Å²) in [5, 5.41) is 42.4. The third-order valence-corrected chi connectivity index (χ3v) is 11.6. The van der Waals surface area contributed by atoms with Gasteiger partial charge in [0.25, 0.3) is 11.8 Å². The molecule has 27 heteroatoms. The number of primary amides is 1. The molecule has 4 unspecified atom stereocenters. The van der Waals surface area contributed by atoms with Gasteiger partial charge in [0, 0.05) is 67.6 Å². The van der Waals surface area contributed by atoms with Crippen LogP contribution in [0, 0.1) is 17.0 Å². The van der Waals surface area contributed by atoms with E-state index < -0.39 is 184 Å². The number of hydrogen-bond donors (Lipinski definition) is 10. The van der Waals surface area contributed by atoms with Gasteiger partial charge in [-0.2, -0.15) is 0 Å². The molecule has 0 radical (unpaired) electrons. The average molecular weight is 1080 g/mol. The third kappa shape index (κ3) is 18.8. The molecule has 2 heterocycles. The Hall–Kier alpha value is -8.88. The van der Waals surface area contributed by atoms with Crippen molar-refractivity contribution >= 4 is 71.0 Å². The highest BCUT2D eigenvalue weighted by Gasteiger charge is 2.39. The van der Waals surface area contributed by atoms with Crippen molar-refractivity contribution in [2.45, 2.75) is 83.6 Å². The molecule has 77 heavy (non-hydrogen) atoms. The lowest BCUT2D eigenvalue weighted by Crippen LogP contribution is -2.56. The lowest BCUT2D eigenvalue weighted by molar-refractivity contribution is -0.143. The molecule has 0 aliphatic carbocycles. The molecule has 1 aliphatic rings. The number of aromatic nitrogens is 1. The summed E-state index contributed by atoms with van der Waals surface area (Å²) in [6, 6.07) is 7.25. The molecule has 2 aromatic carbocycles. The predicted octanol–water partition coefficient (Wildman–Crippen LogP) is -1.28. The molecule has 0 saturated heterocycles. The van der Waals surface area contributed by atoms with Gasteiger partial charge in [0.15, 0.2) is 0 Å². The first-order valence-corrected chi connectivity index (χ1v) is 23.8. The van der Waals surface area contributed by atoms with E-state index in [9.17, 15) is 72.1 Å². The molecular formula is C50H60F2N10O15. The Morgan fingerprint density at radius 2 is 1.36 bits per heavy atom. The smallest absolute Gasteiger partial charge is 0.326 e. The number of nitrogens with one attached hydrogen (secondary N) is 6. The number of hydrogen-bond acceptors (Lipinski definition) is 13. The van der Waals surface area contributed by atoms with Crippen molar-refractivity contribution in [3.63, 3.8) is 0 Å².